The molecule has 2 rings (SSSR count). The van der Waals surface area contributed by atoms with E-state index in [-0.39, 0.29) is 11.8 Å². The third-order valence-corrected chi connectivity index (χ3v) is 4.04. The lowest BCUT2D eigenvalue weighted by Gasteiger charge is -2.23. The first kappa shape index (κ1) is 15.0. The molecule has 0 radical (unpaired) electrons. The Morgan fingerprint density at radius 2 is 2.15 bits per heavy atom. The van der Waals surface area contributed by atoms with Crippen molar-refractivity contribution in [2.24, 2.45) is 0 Å². The lowest BCUT2D eigenvalue weighted by atomic mass is 10.1. The van der Waals surface area contributed by atoms with Crippen molar-refractivity contribution < 1.29 is 9.59 Å². The summed E-state index contributed by atoms with van der Waals surface area (Å²) in [5, 5.41) is 12.8. The van der Waals surface area contributed by atoms with Gasteiger partial charge in [0.05, 0.1) is 0 Å². The maximum absolute atomic E-state index is 11.7. The van der Waals surface area contributed by atoms with Crippen LogP contribution in [0.1, 0.15) is 36.0 Å². The fourth-order valence-corrected chi connectivity index (χ4v) is 2.85. The van der Waals surface area contributed by atoms with Gasteiger partial charge in [0.1, 0.15) is 0 Å². The fourth-order valence-electron chi connectivity index (χ4n) is 2.21. The van der Waals surface area contributed by atoms with Crippen LogP contribution in [0.25, 0.3) is 0 Å². The van der Waals surface area contributed by atoms with Crippen LogP contribution in [0.2, 0.25) is 0 Å². The molecule has 1 saturated heterocycles. The number of carbonyl (C=O) groups excluding carboxylic acids is 2. The van der Waals surface area contributed by atoms with Crippen LogP contribution >= 0.6 is 11.3 Å². The molecule has 1 aliphatic rings. The number of amides is 2. The van der Waals surface area contributed by atoms with Gasteiger partial charge in [-0.05, 0) is 43.8 Å². The predicted molar refractivity (Wildman–Crippen MR) is 79.9 cm³/mol. The van der Waals surface area contributed by atoms with Crippen LogP contribution in [0, 0.1) is 0 Å². The summed E-state index contributed by atoms with van der Waals surface area (Å²) in [6, 6.07) is 2.10. The zero-order chi connectivity index (χ0) is 14.2. The van der Waals surface area contributed by atoms with Gasteiger partial charge in [-0.3, -0.25) is 9.59 Å². The molecule has 0 aliphatic carbocycles. The number of thiophene rings is 1. The summed E-state index contributed by atoms with van der Waals surface area (Å²) in [4.78, 5) is 23.4. The number of piperidine rings is 1. The monoisotopic (exact) mass is 295 g/mol. The Bertz CT molecular complexity index is 428. The van der Waals surface area contributed by atoms with E-state index in [1.54, 1.807) is 6.07 Å². The van der Waals surface area contributed by atoms with Crippen LogP contribution in [0.5, 0.6) is 0 Å². The summed E-state index contributed by atoms with van der Waals surface area (Å²) in [5.41, 5.74) is 0.689. The summed E-state index contributed by atoms with van der Waals surface area (Å²) in [6.45, 7) is 2.48. The molecule has 0 bridgehead atoms. The Morgan fingerprint density at radius 1 is 1.35 bits per heavy atom. The molecule has 5 nitrogen and oxygen atoms in total. The van der Waals surface area contributed by atoms with Crippen LogP contribution in [0.4, 0.5) is 0 Å². The number of nitrogens with one attached hydrogen (secondary N) is 3. The van der Waals surface area contributed by atoms with Gasteiger partial charge in [0.2, 0.25) is 5.91 Å². The smallest absolute Gasteiger partial charge is 0.252 e. The van der Waals surface area contributed by atoms with E-state index in [2.05, 4.69) is 16.0 Å². The van der Waals surface area contributed by atoms with Crippen molar-refractivity contribution in [2.75, 3.05) is 19.6 Å². The molecular formula is C14H21N3O2S. The lowest BCUT2D eigenvalue weighted by Crippen LogP contribution is -2.42. The number of hydrogen-bond acceptors (Lipinski definition) is 4. The van der Waals surface area contributed by atoms with Crippen LogP contribution in [0.15, 0.2) is 16.8 Å². The molecule has 110 valence electrons. The molecule has 0 aromatic carbocycles. The highest BCUT2D eigenvalue weighted by Crippen LogP contribution is 2.05. The Labute approximate surface area is 123 Å². The van der Waals surface area contributed by atoms with E-state index in [4.69, 9.17) is 0 Å². The molecule has 1 fully saturated rings. The van der Waals surface area contributed by atoms with E-state index in [1.807, 2.05) is 10.8 Å². The van der Waals surface area contributed by atoms with E-state index in [1.165, 1.54) is 11.3 Å². The van der Waals surface area contributed by atoms with Gasteiger partial charge in [-0.25, -0.2) is 0 Å². The minimum Gasteiger partial charge on any atom is -0.353 e. The van der Waals surface area contributed by atoms with E-state index < -0.39 is 0 Å². The average Bonchev–Trinajstić information content (AvgIpc) is 2.99. The molecule has 1 aromatic heterocycles. The van der Waals surface area contributed by atoms with Gasteiger partial charge in [0.15, 0.2) is 0 Å². The first-order chi connectivity index (χ1) is 9.75. The minimum atomic E-state index is -0.0648. The van der Waals surface area contributed by atoms with Crippen molar-refractivity contribution in [1.29, 1.82) is 0 Å². The van der Waals surface area contributed by atoms with E-state index in [0.717, 1.165) is 25.9 Å². The molecule has 0 atom stereocenters. The summed E-state index contributed by atoms with van der Waals surface area (Å²) in [5.74, 6) is 0.0201. The van der Waals surface area contributed by atoms with Gasteiger partial charge in [0.25, 0.3) is 5.91 Å². The minimum absolute atomic E-state index is 0.0648. The fraction of sp³-hybridized carbons (Fsp3) is 0.571. The Morgan fingerprint density at radius 3 is 2.85 bits per heavy atom. The molecule has 1 aliphatic heterocycles. The molecule has 6 heteroatoms. The van der Waals surface area contributed by atoms with Crippen LogP contribution in [-0.4, -0.2) is 37.5 Å². The lowest BCUT2D eigenvalue weighted by molar-refractivity contribution is -0.122. The molecular weight excluding hydrogens is 274 g/mol. The van der Waals surface area contributed by atoms with Crippen molar-refractivity contribution in [2.45, 2.75) is 31.7 Å². The standard InChI is InChI=1S/C14H21N3O2S/c18-13(17-12-3-7-15-8-4-12)2-1-6-16-14(19)11-5-9-20-10-11/h5,9-10,12,15H,1-4,6-8H2,(H,16,19)(H,17,18). The second-order valence-corrected chi connectivity index (χ2v) is 5.74. The number of hydrogen-bond donors (Lipinski definition) is 3. The van der Waals surface area contributed by atoms with Gasteiger partial charge in [-0.1, -0.05) is 0 Å². The summed E-state index contributed by atoms with van der Waals surface area (Å²) in [6.07, 6.45) is 3.14. The van der Waals surface area contributed by atoms with Crippen LogP contribution < -0.4 is 16.0 Å². The molecule has 1 aromatic rings. The first-order valence-electron chi connectivity index (χ1n) is 7.06. The molecule has 20 heavy (non-hydrogen) atoms. The quantitative estimate of drug-likeness (QED) is 0.689. The zero-order valence-corrected chi connectivity index (χ0v) is 12.3. The van der Waals surface area contributed by atoms with E-state index in [0.29, 0.717) is 31.0 Å². The molecule has 0 saturated carbocycles. The largest absolute Gasteiger partial charge is 0.353 e. The molecule has 3 N–H and O–H groups in total. The Kier molecular flexibility index (Phi) is 6.01. The van der Waals surface area contributed by atoms with Gasteiger partial charge < -0.3 is 16.0 Å². The zero-order valence-electron chi connectivity index (χ0n) is 11.5. The van der Waals surface area contributed by atoms with Gasteiger partial charge in [0, 0.05) is 30.0 Å². The summed E-state index contributed by atoms with van der Waals surface area (Å²) in [7, 11) is 0. The molecule has 2 heterocycles. The van der Waals surface area contributed by atoms with Gasteiger partial charge in [-0.2, -0.15) is 11.3 Å². The molecule has 0 spiro atoms. The van der Waals surface area contributed by atoms with Crippen molar-refractivity contribution >= 4 is 23.2 Å². The number of rotatable bonds is 6. The number of carbonyl (C=O) groups is 2. The highest BCUT2D eigenvalue weighted by Gasteiger charge is 2.14. The van der Waals surface area contributed by atoms with E-state index >= 15 is 0 Å². The average molecular weight is 295 g/mol. The SMILES string of the molecule is O=C(CCCNC(=O)c1ccsc1)NC1CCNCC1. The van der Waals surface area contributed by atoms with Crippen molar-refractivity contribution in [3.8, 4) is 0 Å². The highest BCUT2D eigenvalue weighted by atomic mass is 32.1. The summed E-state index contributed by atoms with van der Waals surface area (Å²) < 4.78 is 0. The normalized spacial score (nSPS) is 15.8. The van der Waals surface area contributed by atoms with Crippen LogP contribution in [-0.2, 0) is 4.79 Å². The first-order valence-corrected chi connectivity index (χ1v) is 8.00. The second-order valence-electron chi connectivity index (χ2n) is 4.96. The van der Waals surface area contributed by atoms with Crippen LogP contribution in [0.3, 0.4) is 0 Å². The third-order valence-electron chi connectivity index (χ3n) is 3.35. The maximum Gasteiger partial charge on any atom is 0.252 e. The highest BCUT2D eigenvalue weighted by molar-refractivity contribution is 7.08. The van der Waals surface area contributed by atoms with E-state index in [9.17, 15) is 9.59 Å². The van der Waals surface area contributed by atoms with Crippen molar-refractivity contribution in [3.05, 3.63) is 22.4 Å². The third kappa shape index (κ3) is 4.94. The second kappa shape index (κ2) is 8.01. The summed E-state index contributed by atoms with van der Waals surface area (Å²) >= 11 is 1.50. The molecule has 0 unspecified atom stereocenters. The van der Waals surface area contributed by atoms with Crippen molar-refractivity contribution in [3.63, 3.8) is 0 Å². The Balaban J connectivity index is 1.56. The Hall–Kier alpha value is -1.40. The van der Waals surface area contributed by atoms with Gasteiger partial charge in [-0.15, -0.1) is 0 Å². The molecule has 2 amide bonds. The van der Waals surface area contributed by atoms with Crippen molar-refractivity contribution in [1.82, 2.24) is 16.0 Å². The predicted octanol–water partition coefficient (Wildman–Crippen LogP) is 1.13. The topological polar surface area (TPSA) is 70.2 Å². The maximum atomic E-state index is 11.7. The van der Waals surface area contributed by atoms with Gasteiger partial charge >= 0.3 is 0 Å².